The summed E-state index contributed by atoms with van der Waals surface area (Å²) >= 11 is 0. The Balaban J connectivity index is 1.33. The van der Waals surface area contributed by atoms with Crippen molar-refractivity contribution in [3.8, 4) is 5.75 Å². The van der Waals surface area contributed by atoms with Gasteiger partial charge in [0.25, 0.3) is 5.91 Å². The second-order valence-corrected chi connectivity index (χ2v) is 8.01. The number of nitrogens with zero attached hydrogens (tertiary/aromatic N) is 2. The van der Waals surface area contributed by atoms with Gasteiger partial charge in [0, 0.05) is 32.7 Å². The summed E-state index contributed by atoms with van der Waals surface area (Å²) in [6.07, 6.45) is 0. The molecule has 34 heavy (non-hydrogen) atoms. The first kappa shape index (κ1) is 23.7. The number of furan rings is 1. The van der Waals surface area contributed by atoms with Crippen LogP contribution in [0.25, 0.3) is 0 Å². The molecule has 0 N–H and O–H groups in total. The van der Waals surface area contributed by atoms with Gasteiger partial charge in [0.2, 0.25) is 29.1 Å². The molecule has 1 aromatic heterocycles. The van der Waals surface area contributed by atoms with E-state index in [0.717, 1.165) is 6.54 Å². The summed E-state index contributed by atoms with van der Waals surface area (Å²) in [5.41, 5.74) is 2.38. The van der Waals surface area contributed by atoms with Crippen LogP contribution in [-0.4, -0.2) is 41.9 Å². The summed E-state index contributed by atoms with van der Waals surface area (Å²) in [6, 6.07) is 11.0. The molecule has 0 unspecified atom stereocenters. The van der Waals surface area contributed by atoms with Crippen molar-refractivity contribution < 1.29 is 35.9 Å². The number of rotatable bonds is 6. The molecule has 0 radical (unpaired) electrons. The predicted molar refractivity (Wildman–Crippen MR) is 112 cm³/mol. The number of benzene rings is 2. The largest absolute Gasteiger partial charge is 0.479 e. The molecule has 0 atom stereocenters. The van der Waals surface area contributed by atoms with Crippen LogP contribution in [0.1, 0.15) is 27.4 Å². The quantitative estimate of drug-likeness (QED) is 0.288. The first-order valence-electron chi connectivity index (χ1n) is 10.5. The van der Waals surface area contributed by atoms with Gasteiger partial charge in [-0.25, -0.2) is 13.2 Å². The van der Waals surface area contributed by atoms with E-state index in [1.807, 2.05) is 6.92 Å². The molecular formula is C24H21F5N2O3. The molecular weight excluding hydrogens is 459 g/mol. The number of ether oxygens (including phenoxy) is 1. The van der Waals surface area contributed by atoms with Crippen molar-refractivity contribution in [2.45, 2.75) is 20.1 Å². The third-order valence-corrected chi connectivity index (χ3v) is 5.59. The smallest absolute Gasteiger partial charge is 0.289 e. The fraction of sp³-hybridized carbons (Fsp3) is 0.292. The molecule has 1 amide bonds. The van der Waals surface area contributed by atoms with Gasteiger partial charge < -0.3 is 14.1 Å². The molecule has 1 fully saturated rings. The van der Waals surface area contributed by atoms with Crippen molar-refractivity contribution in [1.29, 1.82) is 0 Å². The molecule has 3 aromatic rings. The van der Waals surface area contributed by atoms with E-state index in [-0.39, 0.29) is 17.4 Å². The molecule has 2 aromatic carbocycles. The highest BCUT2D eigenvalue weighted by Gasteiger charge is 2.28. The summed E-state index contributed by atoms with van der Waals surface area (Å²) in [6.45, 7) is 4.51. The molecule has 10 heteroatoms. The Kier molecular flexibility index (Phi) is 6.87. The zero-order chi connectivity index (χ0) is 24.4. The van der Waals surface area contributed by atoms with Crippen LogP contribution in [-0.2, 0) is 13.2 Å². The maximum Gasteiger partial charge on any atom is 0.289 e. The SMILES string of the molecule is Cc1ccc(CN2CCN(C(=O)c3ccc(COc4c(F)c(F)c(F)c(F)c4F)o3)CC2)cc1. The van der Waals surface area contributed by atoms with E-state index in [9.17, 15) is 26.7 Å². The highest BCUT2D eigenvalue weighted by Crippen LogP contribution is 2.30. The minimum Gasteiger partial charge on any atom is -0.479 e. The van der Waals surface area contributed by atoms with Gasteiger partial charge in [-0.1, -0.05) is 29.8 Å². The van der Waals surface area contributed by atoms with Gasteiger partial charge in [0.05, 0.1) is 0 Å². The zero-order valence-corrected chi connectivity index (χ0v) is 18.2. The Hall–Kier alpha value is -3.40. The van der Waals surface area contributed by atoms with Crippen LogP contribution < -0.4 is 4.74 Å². The highest BCUT2D eigenvalue weighted by molar-refractivity contribution is 5.91. The molecule has 1 aliphatic heterocycles. The Morgan fingerprint density at radius 1 is 0.853 bits per heavy atom. The predicted octanol–water partition coefficient (Wildman–Crippen LogP) is 4.82. The van der Waals surface area contributed by atoms with Crippen LogP contribution in [0.4, 0.5) is 22.0 Å². The maximum absolute atomic E-state index is 13.7. The maximum atomic E-state index is 13.7. The van der Waals surface area contributed by atoms with Crippen molar-refractivity contribution in [2.75, 3.05) is 26.2 Å². The Morgan fingerprint density at radius 3 is 2.06 bits per heavy atom. The zero-order valence-electron chi connectivity index (χ0n) is 18.2. The fourth-order valence-electron chi connectivity index (χ4n) is 3.64. The van der Waals surface area contributed by atoms with E-state index in [0.29, 0.717) is 26.2 Å². The summed E-state index contributed by atoms with van der Waals surface area (Å²) in [4.78, 5) is 16.6. The van der Waals surface area contributed by atoms with E-state index in [1.54, 1.807) is 4.90 Å². The third kappa shape index (κ3) is 4.91. The normalized spacial score (nSPS) is 14.5. The minimum atomic E-state index is -2.27. The number of hydrogen-bond acceptors (Lipinski definition) is 4. The molecule has 1 aliphatic rings. The standard InChI is InChI=1S/C24H21F5N2O3/c1-14-2-4-15(5-3-14)12-30-8-10-31(11-9-30)24(32)17-7-6-16(34-17)13-33-23-21(28)19(26)18(25)20(27)22(23)29/h2-7H,8-13H2,1H3. The van der Waals surface area contributed by atoms with Crippen molar-refractivity contribution >= 4 is 5.91 Å². The summed E-state index contributed by atoms with van der Waals surface area (Å²) in [5.74, 6) is -12.4. The second kappa shape index (κ2) is 9.84. The number of aryl methyl sites for hydroxylation is 1. The van der Waals surface area contributed by atoms with Crippen LogP contribution in [0.2, 0.25) is 0 Å². The highest BCUT2D eigenvalue weighted by atomic mass is 19.2. The molecule has 0 saturated carbocycles. The monoisotopic (exact) mass is 480 g/mol. The van der Waals surface area contributed by atoms with E-state index in [1.165, 1.54) is 23.3 Å². The minimum absolute atomic E-state index is 0.00898. The lowest BCUT2D eigenvalue weighted by atomic mass is 10.1. The molecule has 4 rings (SSSR count). The molecule has 0 spiro atoms. The van der Waals surface area contributed by atoms with E-state index in [4.69, 9.17) is 9.15 Å². The number of carbonyl (C=O) groups is 1. The molecule has 2 heterocycles. The van der Waals surface area contributed by atoms with Crippen molar-refractivity contribution in [3.05, 3.63) is 88.1 Å². The van der Waals surface area contributed by atoms with Crippen LogP contribution in [0.15, 0.2) is 40.8 Å². The van der Waals surface area contributed by atoms with Crippen LogP contribution in [0.3, 0.4) is 0 Å². The lowest BCUT2D eigenvalue weighted by molar-refractivity contribution is 0.0594. The summed E-state index contributed by atoms with van der Waals surface area (Å²) in [7, 11) is 0. The number of piperazine rings is 1. The van der Waals surface area contributed by atoms with Gasteiger partial charge in [0.1, 0.15) is 12.4 Å². The van der Waals surface area contributed by atoms with Crippen LogP contribution >= 0.6 is 0 Å². The molecule has 1 saturated heterocycles. The fourth-order valence-corrected chi connectivity index (χ4v) is 3.64. The van der Waals surface area contributed by atoms with Gasteiger partial charge in [-0.2, -0.15) is 8.78 Å². The third-order valence-electron chi connectivity index (χ3n) is 5.59. The second-order valence-electron chi connectivity index (χ2n) is 8.01. The average Bonchev–Trinajstić information content (AvgIpc) is 3.32. The molecule has 0 aliphatic carbocycles. The first-order valence-corrected chi connectivity index (χ1v) is 10.5. The Bertz CT molecular complexity index is 1160. The van der Waals surface area contributed by atoms with Gasteiger partial charge in [-0.3, -0.25) is 9.69 Å². The van der Waals surface area contributed by atoms with Gasteiger partial charge in [-0.15, -0.1) is 0 Å². The number of hydrogen-bond donors (Lipinski definition) is 0. The molecule has 0 bridgehead atoms. The average molecular weight is 480 g/mol. The van der Waals surface area contributed by atoms with E-state index >= 15 is 0 Å². The first-order chi connectivity index (χ1) is 16.2. The Labute approximate surface area is 192 Å². The Morgan fingerprint density at radius 2 is 1.44 bits per heavy atom. The number of halogens is 5. The number of amides is 1. The van der Waals surface area contributed by atoms with E-state index < -0.39 is 41.4 Å². The topological polar surface area (TPSA) is 45.9 Å². The van der Waals surface area contributed by atoms with Crippen molar-refractivity contribution in [1.82, 2.24) is 9.80 Å². The molecule has 5 nitrogen and oxygen atoms in total. The van der Waals surface area contributed by atoms with Crippen molar-refractivity contribution in [2.24, 2.45) is 0 Å². The van der Waals surface area contributed by atoms with Gasteiger partial charge in [0.15, 0.2) is 11.5 Å². The lowest BCUT2D eigenvalue weighted by Gasteiger charge is -2.34. The van der Waals surface area contributed by atoms with Gasteiger partial charge in [-0.05, 0) is 24.6 Å². The summed E-state index contributed by atoms with van der Waals surface area (Å²) < 4.78 is 77.3. The van der Waals surface area contributed by atoms with E-state index in [2.05, 4.69) is 29.2 Å². The molecule has 180 valence electrons. The summed E-state index contributed by atoms with van der Waals surface area (Å²) in [5, 5.41) is 0. The van der Waals surface area contributed by atoms with Gasteiger partial charge >= 0.3 is 0 Å². The van der Waals surface area contributed by atoms with Crippen molar-refractivity contribution in [3.63, 3.8) is 0 Å². The van der Waals surface area contributed by atoms with Crippen LogP contribution in [0.5, 0.6) is 5.75 Å². The number of carbonyl (C=O) groups excluding carboxylic acids is 1. The lowest BCUT2D eigenvalue weighted by Crippen LogP contribution is -2.48. The van der Waals surface area contributed by atoms with Crippen LogP contribution in [0, 0.1) is 36.0 Å².